The second-order valence-corrected chi connectivity index (χ2v) is 8.04. The van der Waals surface area contributed by atoms with Gasteiger partial charge in [-0.2, -0.15) is 0 Å². The molecule has 3 nitrogen and oxygen atoms in total. The summed E-state index contributed by atoms with van der Waals surface area (Å²) >= 11 is 8.63. The van der Waals surface area contributed by atoms with Crippen LogP contribution in [0.1, 0.15) is 25.7 Å². The van der Waals surface area contributed by atoms with Crippen LogP contribution < -0.4 is 0 Å². The van der Waals surface area contributed by atoms with Crippen LogP contribution in [-0.4, -0.2) is 21.3 Å². The quantitative estimate of drug-likeness (QED) is 0.594. The summed E-state index contributed by atoms with van der Waals surface area (Å²) in [6.45, 7) is 0. The molecule has 1 aliphatic carbocycles. The molecule has 1 fully saturated rings. The van der Waals surface area contributed by atoms with Crippen molar-refractivity contribution in [3.05, 3.63) is 34.3 Å². The van der Waals surface area contributed by atoms with Crippen LogP contribution in [0.25, 0.3) is 5.69 Å². The molecule has 0 spiro atoms. The van der Waals surface area contributed by atoms with Gasteiger partial charge in [-0.25, -0.2) is 4.68 Å². The number of rotatable bonds is 5. The van der Waals surface area contributed by atoms with Crippen molar-refractivity contribution < 1.29 is 4.79 Å². The molecule has 1 saturated carbocycles. The summed E-state index contributed by atoms with van der Waals surface area (Å²) in [6.07, 6.45) is 3.86. The van der Waals surface area contributed by atoms with Crippen molar-refractivity contribution in [3.63, 3.8) is 0 Å². The molecule has 110 valence electrons. The summed E-state index contributed by atoms with van der Waals surface area (Å²) < 4.78 is 3.55. The molecular weight excluding hydrogens is 320 g/mol. The Labute approximate surface area is 137 Å². The Kier molecular flexibility index (Phi) is 4.87. The number of para-hydroxylation sites is 1. The molecule has 1 aromatic heterocycles. The van der Waals surface area contributed by atoms with Gasteiger partial charge in [-0.15, -0.1) is 5.10 Å². The van der Waals surface area contributed by atoms with Gasteiger partial charge in [0.2, 0.25) is 0 Å². The maximum absolute atomic E-state index is 11.6. The molecule has 1 atom stereocenters. The summed E-state index contributed by atoms with van der Waals surface area (Å²) in [5.41, 5.74) is 0.997. The Bertz CT molecular complexity index is 678. The van der Waals surface area contributed by atoms with Gasteiger partial charge in [0.15, 0.2) is 8.29 Å². The molecule has 3 rings (SSSR count). The summed E-state index contributed by atoms with van der Waals surface area (Å²) in [5.74, 6) is 1.66. The predicted octanol–water partition coefficient (Wildman–Crippen LogP) is 4.51. The van der Waals surface area contributed by atoms with E-state index in [2.05, 4.69) is 5.10 Å². The fourth-order valence-electron chi connectivity index (χ4n) is 2.53. The number of carbonyl (C=O) groups is 1. The first-order valence-corrected chi connectivity index (χ1v) is 9.26. The average molecular weight is 337 g/mol. The van der Waals surface area contributed by atoms with Crippen molar-refractivity contribution in [2.75, 3.05) is 5.75 Å². The molecule has 1 aliphatic rings. The van der Waals surface area contributed by atoms with E-state index < -0.39 is 0 Å². The second-order valence-electron chi connectivity index (χ2n) is 5.07. The van der Waals surface area contributed by atoms with E-state index in [-0.39, 0.29) is 5.92 Å². The van der Waals surface area contributed by atoms with Crippen LogP contribution in [0.5, 0.6) is 0 Å². The molecule has 21 heavy (non-hydrogen) atoms. The zero-order valence-corrected chi connectivity index (χ0v) is 14.0. The summed E-state index contributed by atoms with van der Waals surface area (Å²) in [7, 11) is 0. The van der Waals surface area contributed by atoms with Gasteiger partial charge in [0.25, 0.3) is 0 Å². The largest absolute Gasteiger partial charge is 0.299 e. The minimum absolute atomic E-state index is 0.279. The highest BCUT2D eigenvalue weighted by molar-refractivity contribution is 8.01. The van der Waals surface area contributed by atoms with E-state index in [4.69, 9.17) is 12.2 Å². The molecular formula is C15H16N2OS3. The van der Waals surface area contributed by atoms with Crippen molar-refractivity contribution >= 4 is 41.1 Å². The third kappa shape index (κ3) is 3.62. The lowest BCUT2D eigenvalue weighted by atomic mass is 10.1. The third-order valence-electron chi connectivity index (χ3n) is 3.65. The molecule has 0 saturated heterocycles. The van der Waals surface area contributed by atoms with E-state index in [1.54, 1.807) is 11.8 Å². The number of carbonyl (C=O) groups excluding carboxylic acids is 1. The first-order valence-electron chi connectivity index (χ1n) is 7.05. The minimum atomic E-state index is 0.279. The van der Waals surface area contributed by atoms with E-state index in [1.165, 1.54) is 11.3 Å². The van der Waals surface area contributed by atoms with E-state index in [1.807, 2.05) is 35.0 Å². The van der Waals surface area contributed by atoms with Crippen molar-refractivity contribution in [1.82, 2.24) is 9.78 Å². The topological polar surface area (TPSA) is 34.9 Å². The van der Waals surface area contributed by atoms with Gasteiger partial charge in [-0.3, -0.25) is 4.79 Å². The lowest BCUT2D eigenvalue weighted by Gasteiger charge is -2.05. The summed E-state index contributed by atoms with van der Waals surface area (Å²) in [6, 6.07) is 9.94. The predicted molar refractivity (Wildman–Crippen MR) is 90.0 cm³/mol. The molecule has 0 aliphatic heterocycles. The number of hydrogen-bond donors (Lipinski definition) is 0. The van der Waals surface area contributed by atoms with Crippen LogP contribution in [0.4, 0.5) is 0 Å². The number of benzene rings is 1. The Morgan fingerprint density at radius 1 is 1.38 bits per heavy atom. The lowest BCUT2D eigenvalue weighted by Crippen LogP contribution is -2.06. The van der Waals surface area contributed by atoms with E-state index in [0.29, 0.717) is 5.78 Å². The van der Waals surface area contributed by atoms with Gasteiger partial charge < -0.3 is 0 Å². The molecule has 0 radical (unpaired) electrons. The Morgan fingerprint density at radius 3 is 2.90 bits per heavy atom. The van der Waals surface area contributed by atoms with Gasteiger partial charge in [-0.1, -0.05) is 41.3 Å². The van der Waals surface area contributed by atoms with Crippen LogP contribution in [0.15, 0.2) is 34.7 Å². The Balaban J connectivity index is 1.62. The van der Waals surface area contributed by atoms with Gasteiger partial charge in [-0.05, 0) is 43.6 Å². The summed E-state index contributed by atoms with van der Waals surface area (Å²) in [5, 5.41) is 4.57. The number of thioether (sulfide) groups is 1. The third-order valence-corrected chi connectivity index (χ3v) is 6.05. The standard InChI is InChI=1S/C15H16N2OS3/c18-13-8-4-5-11(13)9-10-20-14-16-17(15(19)21-14)12-6-2-1-3-7-12/h1-3,6-7,11H,4-5,8-10H2/t11-/m1/s1. The zero-order chi connectivity index (χ0) is 14.7. The molecule has 1 heterocycles. The smallest absolute Gasteiger partial charge is 0.184 e. The van der Waals surface area contributed by atoms with Crippen molar-refractivity contribution in [2.24, 2.45) is 5.92 Å². The number of hydrogen-bond acceptors (Lipinski definition) is 5. The number of aromatic nitrogens is 2. The minimum Gasteiger partial charge on any atom is -0.299 e. The molecule has 6 heteroatoms. The van der Waals surface area contributed by atoms with Crippen molar-refractivity contribution in [3.8, 4) is 5.69 Å². The van der Waals surface area contributed by atoms with Gasteiger partial charge in [0.05, 0.1) is 5.69 Å². The Morgan fingerprint density at radius 2 is 2.19 bits per heavy atom. The molecule has 0 bridgehead atoms. The maximum Gasteiger partial charge on any atom is 0.184 e. The van der Waals surface area contributed by atoms with E-state index in [0.717, 1.165) is 45.4 Å². The Hall–Kier alpha value is -0.980. The zero-order valence-electron chi connectivity index (χ0n) is 11.5. The normalized spacial score (nSPS) is 18.3. The first kappa shape index (κ1) is 14.9. The van der Waals surface area contributed by atoms with Crippen LogP contribution in [-0.2, 0) is 4.79 Å². The van der Waals surface area contributed by atoms with Gasteiger partial charge in [0, 0.05) is 18.1 Å². The SMILES string of the molecule is O=C1CCC[C@@H]1CCSc1nn(-c2ccccc2)c(=S)s1. The molecule has 0 amide bonds. The fourth-order valence-corrected chi connectivity index (χ4v) is 5.02. The fraction of sp³-hybridized carbons (Fsp3) is 0.400. The molecule has 1 aromatic carbocycles. The van der Waals surface area contributed by atoms with Gasteiger partial charge in [0.1, 0.15) is 5.78 Å². The van der Waals surface area contributed by atoms with Gasteiger partial charge >= 0.3 is 0 Å². The summed E-state index contributed by atoms with van der Waals surface area (Å²) in [4.78, 5) is 11.6. The van der Waals surface area contributed by atoms with E-state index in [9.17, 15) is 4.79 Å². The highest BCUT2D eigenvalue weighted by Crippen LogP contribution is 2.29. The molecule has 0 N–H and O–H groups in total. The van der Waals surface area contributed by atoms with Crippen LogP contribution in [0.2, 0.25) is 0 Å². The lowest BCUT2D eigenvalue weighted by molar-refractivity contribution is -0.120. The van der Waals surface area contributed by atoms with E-state index >= 15 is 0 Å². The second kappa shape index (κ2) is 6.85. The van der Waals surface area contributed by atoms with Crippen LogP contribution >= 0.6 is 35.3 Å². The highest BCUT2D eigenvalue weighted by Gasteiger charge is 2.23. The number of nitrogens with zero attached hydrogens (tertiary/aromatic N) is 2. The number of Topliss-reactive ketones (excluding diaryl/α,β-unsaturated/α-hetero) is 1. The monoisotopic (exact) mass is 336 g/mol. The molecule has 2 aromatic rings. The molecule has 0 unspecified atom stereocenters. The maximum atomic E-state index is 11.6. The first-order chi connectivity index (χ1) is 10.2. The highest BCUT2D eigenvalue weighted by atomic mass is 32.2. The van der Waals surface area contributed by atoms with Crippen LogP contribution in [0, 0.1) is 9.87 Å². The van der Waals surface area contributed by atoms with Crippen molar-refractivity contribution in [2.45, 2.75) is 30.0 Å². The van der Waals surface area contributed by atoms with Crippen molar-refractivity contribution in [1.29, 1.82) is 0 Å². The van der Waals surface area contributed by atoms with Crippen LogP contribution in [0.3, 0.4) is 0 Å². The number of ketones is 1. The average Bonchev–Trinajstić information content (AvgIpc) is 3.06.